The van der Waals surface area contributed by atoms with E-state index in [2.05, 4.69) is 0 Å². The second kappa shape index (κ2) is 4.23. The second-order valence-corrected chi connectivity index (χ2v) is 2.73. The number of aromatic nitrogens is 1. The summed E-state index contributed by atoms with van der Waals surface area (Å²) in [5, 5.41) is 8.97. The number of halogens is 1. The fourth-order valence-electron chi connectivity index (χ4n) is 1.02. The molecule has 0 spiro atoms. The smallest absolute Gasteiger partial charge is 0.117 e. The zero-order valence-corrected chi connectivity index (χ0v) is 6.78. The van der Waals surface area contributed by atoms with Gasteiger partial charge in [-0.1, -0.05) is 0 Å². The molecule has 1 heterocycles. The Hall–Kier alpha value is -0.870. The maximum Gasteiger partial charge on any atom is 0.117 e. The fraction of sp³-hybridized carbons (Fsp3) is 0.500. The van der Waals surface area contributed by atoms with Crippen molar-refractivity contribution in [1.29, 1.82) is 0 Å². The van der Waals surface area contributed by atoms with Crippen LogP contribution in [0, 0.1) is 0 Å². The minimum absolute atomic E-state index is 0.288. The first kappa shape index (κ1) is 9.22. The van der Waals surface area contributed by atoms with Crippen LogP contribution < -0.4 is 5.73 Å². The molecule has 0 amide bonds. The number of hydrogen-bond acceptors (Lipinski definition) is 2. The third kappa shape index (κ3) is 2.32. The third-order valence-corrected chi connectivity index (χ3v) is 1.65. The molecular formula is C8H13FN2O. The van der Waals surface area contributed by atoms with Crippen molar-refractivity contribution in [2.45, 2.75) is 19.2 Å². The first-order valence-corrected chi connectivity index (χ1v) is 3.85. The molecule has 3 N–H and O–H groups in total. The molecule has 0 saturated heterocycles. The van der Waals surface area contributed by atoms with Crippen LogP contribution in [0.3, 0.4) is 0 Å². The van der Waals surface area contributed by atoms with E-state index in [1.165, 1.54) is 0 Å². The van der Waals surface area contributed by atoms with Gasteiger partial charge in [0, 0.05) is 18.9 Å². The molecule has 0 aliphatic rings. The summed E-state index contributed by atoms with van der Waals surface area (Å²) in [6.45, 7) is 0.0470. The van der Waals surface area contributed by atoms with Crippen LogP contribution in [0.4, 0.5) is 4.39 Å². The molecule has 1 unspecified atom stereocenters. The van der Waals surface area contributed by atoms with E-state index in [4.69, 9.17) is 10.8 Å². The second-order valence-electron chi connectivity index (χ2n) is 2.73. The predicted molar refractivity (Wildman–Crippen MR) is 44.3 cm³/mol. The molecule has 0 aromatic carbocycles. The normalized spacial score (nSPS) is 13.2. The monoisotopic (exact) mass is 172 g/mol. The van der Waals surface area contributed by atoms with Crippen molar-refractivity contribution in [2.24, 2.45) is 5.73 Å². The van der Waals surface area contributed by atoms with Gasteiger partial charge >= 0.3 is 0 Å². The van der Waals surface area contributed by atoms with Crippen LogP contribution >= 0.6 is 0 Å². The zero-order valence-electron chi connectivity index (χ0n) is 6.78. The van der Waals surface area contributed by atoms with Crippen LogP contribution in [0.2, 0.25) is 0 Å². The van der Waals surface area contributed by atoms with E-state index in [0.29, 0.717) is 6.54 Å². The molecule has 1 rings (SSSR count). The third-order valence-electron chi connectivity index (χ3n) is 1.65. The van der Waals surface area contributed by atoms with Crippen LogP contribution in [-0.2, 0) is 13.1 Å². The van der Waals surface area contributed by atoms with Crippen molar-refractivity contribution in [3.8, 4) is 0 Å². The highest BCUT2D eigenvalue weighted by Gasteiger charge is 2.03. The lowest BCUT2D eigenvalue weighted by Gasteiger charge is -2.06. The Morgan fingerprint density at radius 2 is 2.42 bits per heavy atom. The van der Waals surface area contributed by atoms with Gasteiger partial charge < -0.3 is 15.4 Å². The van der Waals surface area contributed by atoms with Crippen LogP contribution in [0.25, 0.3) is 0 Å². The Labute approximate surface area is 70.6 Å². The molecule has 68 valence electrons. The first-order valence-electron chi connectivity index (χ1n) is 3.85. The van der Waals surface area contributed by atoms with E-state index in [1.54, 1.807) is 17.0 Å². The van der Waals surface area contributed by atoms with E-state index in [-0.39, 0.29) is 6.54 Å². The molecule has 0 aliphatic heterocycles. The number of aliphatic hydroxyl groups excluding tert-OH is 1. The van der Waals surface area contributed by atoms with Crippen LogP contribution in [0.1, 0.15) is 5.56 Å². The lowest BCUT2D eigenvalue weighted by Crippen LogP contribution is -2.16. The van der Waals surface area contributed by atoms with Gasteiger partial charge in [-0.2, -0.15) is 0 Å². The molecule has 0 radical (unpaired) electrons. The average molecular weight is 172 g/mol. The standard InChI is InChI=1S/C8H13FN2O/c9-3-8(12)6-11-2-1-7(4-10)5-11/h1-2,5,8,12H,3-4,6,10H2. The van der Waals surface area contributed by atoms with E-state index < -0.39 is 12.8 Å². The van der Waals surface area contributed by atoms with Gasteiger partial charge in [-0.25, -0.2) is 4.39 Å². The quantitative estimate of drug-likeness (QED) is 0.685. The largest absolute Gasteiger partial charge is 0.389 e. The first-order chi connectivity index (χ1) is 5.76. The number of hydrogen-bond donors (Lipinski definition) is 2. The predicted octanol–water partition coefficient (Wildman–Crippen LogP) is 0.277. The van der Waals surface area contributed by atoms with Gasteiger partial charge in [-0.05, 0) is 11.6 Å². The van der Waals surface area contributed by atoms with Crippen LogP contribution in [0.5, 0.6) is 0 Å². The van der Waals surface area contributed by atoms with Crippen molar-refractivity contribution in [2.75, 3.05) is 6.67 Å². The van der Waals surface area contributed by atoms with E-state index in [0.717, 1.165) is 5.56 Å². The summed E-state index contributed by atoms with van der Waals surface area (Å²) in [5.41, 5.74) is 6.36. The van der Waals surface area contributed by atoms with Gasteiger partial charge in [0.1, 0.15) is 12.8 Å². The molecule has 3 nitrogen and oxygen atoms in total. The zero-order chi connectivity index (χ0) is 8.97. The van der Waals surface area contributed by atoms with Gasteiger partial charge in [-0.15, -0.1) is 0 Å². The highest BCUT2D eigenvalue weighted by molar-refractivity contribution is 5.09. The van der Waals surface area contributed by atoms with Gasteiger partial charge in [0.15, 0.2) is 0 Å². The van der Waals surface area contributed by atoms with Crippen molar-refractivity contribution in [1.82, 2.24) is 4.57 Å². The Morgan fingerprint density at radius 1 is 1.67 bits per heavy atom. The average Bonchev–Trinajstić information content (AvgIpc) is 2.52. The molecule has 1 aromatic rings. The molecule has 0 bridgehead atoms. The molecule has 0 fully saturated rings. The van der Waals surface area contributed by atoms with Crippen molar-refractivity contribution in [3.63, 3.8) is 0 Å². The highest BCUT2D eigenvalue weighted by Crippen LogP contribution is 2.01. The van der Waals surface area contributed by atoms with Crippen LogP contribution in [-0.4, -0.2) is 22.5 Å². The number of aliphatic hydroxyl groups is 1. The number of nitrogens with zero attached hydrogens (tertiary/aromatic N) is 1. The lowest BCUT2D eigenvalue weighted by atomic mass is 10.3. The van der Waals surface area contributed by atoms with Crippen molar-refractivity contribution in [3.05, 3.63) is 24.0 Å². The maximum absolute atomic E-state index is 11.9. The van der Waals surface area contributed by atoms with Gasteiger partial charge in [-0.3, -0.25) is 0 Å². The van der Waals surface area contributed by atoms with Gasteiger partial charge in [0.2, 0.25) is 0 Å². The van der Waals surface area contributed by atoms with Crippen molar-refractivity contribution >= 4 is 0 Å². The summed E-state index contributed by atoms with van der Waals surface area (Å²) < 4.78 is 13.6. The molecule has 1 atom stereocenters. The Kier molecular flexibility index (Phi) is 3.25. The minimum atomic E-state index is -0.914. The molecule has 4 heteroatoms. The van der Waals surface area contributed by atoms with Crippen LogP contribution in [0.15, 0.2) is 18.5 Å². The maximum atomic E-state index is 11.9. The number of alkyl halides is 1. The highest BCUT2D eigenvalue weighted by atomic mass is 19.1. The Bertz CT molecular complexity index is 237. The Morgan fingerprint density at radius 3 is 2.92 bits per heavy atom. The molecular weight excluding hydrogens is 159 g/mol. The number of rotatable bonds is 4. The Balaban J connectivity index is 2.52. The van der Waals surface area contributed by atoms with E-state index in [9.17, 15) is 4.39 Å². The SMILES string of the molecule is NCc1ccn(CC(O)CF)c1. The summed E-state index contributed by atoms with van der Waals surface area (Å²) in [4.78, 5) is 0. The summed E-state index contributed by atoms with van der Waals surface area (Å²) in [5.74, 6) is 0. The lowest BCUT2D eigenvalue weighted by molar-refractivity contribution is 0.122. The van der Waals surface area contributed by atoms with E-state index in [1.807, 2.05) is 6.07 Å². The molecule has 0 saturated carbocycles. The molecule has 1 aromatic heterocycles. The van der Waals surface area contributed by atoms with Gasteiger partial charge in [0.05, 0.1) is 6.54 Å². The fourth-order valence-corrected chi connectivity index (χ4v) is 1.02. The van der Waals surface area contributed by atoms with E-state index >= 15 is 0 Å². The number of nitrogens with two attached hydrogens (primary N) is 1. The molecule has 12 heavy (non-hydrogen) atoms. The van der Waals surface area contributed by atoms with Crippen molar-refractivity contribution < 1.29 is 9.50 Å². The topological polar surface area (TPSA) is 51.2 Å². The summed E-state index contributed by atoms with van der Waals surface area (Å²) in [6.07, 6.45) is 2.67. The minimum Gasteiger partial charge on any atom is -0.389 e. The molecule has 0 aliphatic carbocycles. The summed E-state index contributed by atoms with van der Waals surface area (Å²) in [7, 11) is 0. The summed E-state index contributed by atoms with van der Waals surface area (Å²) in [6, 6.07) is 1.85. The summed E-state index contributed by atoms with van der Waals surface area (Å²) >= 11 is 0. The van der Waals surface area contributed by atoms with Gasteiger partial charge in [0.25, 0.3) is 0 Å².